The van der Waals surface area contributed by atoms with Gasteiger partial charge in [0.05, 0.1) is 0 Å². The maximum atomic E-state index is 11.8. The van der Waals surface area contributed by atoms with Gasteiger partial charge in [-0.2, -0.15) is 0 Å². The predicted molar refractivity (Wildman–Crippen MR) is 85.6 cm³/mol. The SMILES string of the molecule is O=C(CCNS(=O)(=O)C=Cc1ccccc1)Nc1nncs1. The lowest BCUT2D eigenvalue weighted by molar-refractivity contribution is -0.116. The number of nitrogens with zero attached hydrogens (tertiary/aromatic N) is 2. The highest BCUT2D eigenvalue weighted by atomic mass is 32.2. The fraction of sp³-hybridized carbons (Fsp3) is 0.154. The second-order valence-corrected chi connectivity index (χ2v) is 6.68. The number of amides is 1. The molecule has 2 N–H and O–H groups in total. The van der Waals surface area contributed by atoms with Gasteiger partial charge in [0, 0.05) is 18.4 Å². The van der Waals surface area contributed by atoms with E-state index in [1.165, 1.54) is 22.9 Å². The number of nitrogens with one attached hydrogen (secondary N) is 2. The quantitative estimate of drug-likeness (QED) is 0.796. The third kappa shape index (κ3) is 5.72. The zero-order valence-electron chi connectivity index (χ0n) is 11.5. The summed E-state index contributed by atoms with van der Waals surface area (Å²) < 4.78 is 25.8. The highest BCUT2D eigenvalue weighted by Gasteiger charge is 2.08. The number of hydrogen-bond donors (Lipinski definition) is 2. The molecule has 1 aromatic carbocycles. The number of anilines is 1. The first-order valence-corrected chi connectivity index (χ1v) is 8.76. The van der Waals surface area contributed by atoms with Crippen molar-refractivity contribution in [1.82, 2.24) is 14.9 Å². The van der Waals surface area contributed by atoms with Crippen LogP contribution in [-0.4, -0.2) is 31.1 Å². The monoisotopic (exact) mass is 338 g/mol. The molecule has 0 spiro atoms. The number of aromatic nitrogens is 2. The van der Waals surface area contributed by atoms with Crippen LogP contribution in [0, 0.1) is 0 Å². The summed E-state index contributed by atoms with van der Waals surface area (Å²) in [6, 6.07) is 9.07. The van der Waals surface area contributed by atoms with Crippen molar-refractivity contribution in [1.29, 1.82) is 0 Å². The van der Waals surface area contributed by atoms with Crippen molar-refractivity contribution < 1.29 is 13.2 Å². The van der Waals surface area contributed by atoms with Gasteiger partial charge in [0.25, 0.3) is 0 Å². The molecule has 1 amide bonds. The van der Waals surface area contributed by atoms with Gasteiger partial charge in [-0.15, -0.1) is 10.2 Å². The summed E-state index contributed by atoms with van der Waals surface area (Å²) in [6.45, 7) is 0.00605. The smallest absolute Gasteiger partial charge is 0.233 e. The molecule has 0 fully saturated rings. The molecular weight excluding hydrogens is 324 g/mol. The Morgan fingerprint density at radius 1 is 1.27 bits per heavy atom. The second kappa shape index (κ2) is 7.78. The van der Waals surface area contributed by atoms with E-state index >= 15 is 0 Å². The maximum Gasteiger partial charge on any atom is 0.233 e. The van der Waals surface area contributed by atoms with Crippen LogP contribution in [-0.2, 0) is 14.8 Å². The molecule has 1 aromatic heterocycles. The van der Waals surface area contributed by atoms with E-state index in [4.69, 9.17) is 0 Å². The minimum Gasteiger partial charge on any atom is -0.300 e. The minimum atomic E-state index is -3.57. The van der Waals surface area contributed by atoms with Gasteiger partial charge in [-0.25, -0.2) is 13.1 Å². The molecule has 9 heteroatoms. The number of carbonyl (C=O) groups excluding carboxylic acids is 1. The lowest BCUT2D eigenvalue weighted by Crippen LogP contribution is -2.26. The number of hydrogen-bond acceptors (Lipinski definition) is 6. The van der Waals surface area contributed by atoms with Crippen LogP contribution in [0.5, 0.6) is 0 Å². The number of carbonyl (C=O) groups is 1. The summed E-state index contributed by atoms with van der Waals surface area (Å²) in [5.74, 6) is -0.327. The molecule has 0 saturated carbocycles. The Morgan fingerprint density at radius 2 is 2.05 bits per heavy atom. The highest BCUT2D eigenvalue weighted by Crippen LogP contribution is 2.08. The molecule has 22 heavy (non-hydrogen) atoms. The molecule has 116 valence electrons. The lowest BCUT2D eigenvalue weighted by atomic mass is 10.2. The Morgan fingerprint density at radius 3 is 2.73 bits per heavy atom. The fourth-order valence-electron chi connectivity index (χ4n) is 1.50. The van der Waals surface area contributed by atoms with Gasteiger partial charge in [-0.3, -0.25) is 4.79 Å². The molecule has 1 heterocycles. The summed E-state index contributed by atoms with van der Waals surface area (Å²) in [5.41, 5.74) is 2.27. The Hall–Kier alpha value is -2.10. The summed E-state index contributed by atoms with van der Waals surface area (Å²) in [5, 5.41) is 11.2. The first-order chi connectivity index (χ1) is 10.6. The van der Waals surface area contributed by atoms with E-state index in [-0.39, 0.29) is 18.9 Å². The molecule has 2 aromatic rings. The summed E-state index contributed by atoms with van der Waals surface area (Å²) >= 11 is 1.19. The van der Waals surface area contributed by atoms with Crippen molar-refractivity contribution in [3.8, 4) is 0 Å². The molecular formula is C13H14N4O3S2. The third-order valence-electron chi connectivity index (χ3n) is 2.50. The predicted octanol–water partition coefficient (Wildman–Crippen LogP) is 1.46. The normalized spacial score (nSPS) is 11.6. The molecule has 2 rings (SSSR count). The summed E-state index contributed by atoms with van der Waals surface area (Å²) in [6.07, 6.45) is 1.50. The first-order valence-electron chi connectivity index (χ1n) is 6.34. The van der Waals surface area contributed by atoms with E-state index in [9.17, 15) is 13.2 Å². The van der Waals surface area contributed by atoms with E-state index in [0.29, 0.717) is 5.13 Å². The van der Waals surface area contributed by atoms with Crippen LogP contribution in [0.3, 0.4) is 0 Å². The van der Waals surface area contributed by atoms with Crippen molar-refractivity contribution in [3.63, 3.8) is 0 Å². The summed E-state index contributed by atoms with van der Waals surface area (Å²) in [7, 11) is -3.57. The molecule has 0 saturated heterocycles. The van der Waals surface area contributed by atoms with E-state index in [1.807, 2.05) is 18.2 Å². The lowest BCUT2D eigenvalue weighted by Gasteiger charge is -2.03. The number of sulfonamides is 1. The topological polar surface area (TPSA) is 101 Å². The Kier molecular flexibility index (Phi) is 5.75. The standard InChI is InChI=1S/C13H14N4O3S2/c18-12(16-13-17-14-10-21-13)6-8-15-22(19,20)9-7-11-4-2-1-3-5-11/h1-5,7,9-10,15H,6,8H2,(H,16,17,18). The molecule has 0 aliphatic carbocycles. The molecule has 7 nitrogen and oxygen atoms in total. The van der Waals surface area contributed by atoms with Crippen LogP contribution >= 0.6 is 11.3 Å². The van der Waals surface area contributed by atoms with Crippen LogP contribution in [0.2, 0.25) is 0 Å². The average Bonchev–Trinajstić information content (AvgIpc) is 2.99. The fourth-order valence-corrected chi connectivity index (χ4v) is 2.78. The van der Waals surface area contributed by atoms with Crippen molar-refractivity contribution in [2.45, 2.75) is 6.42 Å². The van der Waals surface area contributed by atoms with Gasteiger partial charge in [0.2, 0.25) is 21.1 Å². The van der Waals surface area contributed by atoms with Gasteiger partial charge < -0.3 is 5.32 Å². The van der Waals surface area contributed by atoms with Crippen LogP contribution < -0.4 is 10.0 Å². The van der Waals surface area contributed by atoms with Crippen LogP contribution in [0.25, 0.3) is 6.08 Å². The zero-order valence-corrected chi connectivity index (χ0v) is 13.1. The zero-order chi connectivity index (χ0) is 15.8. The minimum absolute atomic E-state index is 0.00605. The van der Waals surface area contributed by atoms with E-state index in [1.54, 1.807) is 12.1 Å². The average molecular weight is 338 g/mol. The second-order valence-electron chi connectivity index (χ2n) is 4.19. The van der Waals surface area contributed by atoms with Crippen LogP contribution in [0.4, 0.5) is 5.13 Å². The molecule has 0 radical (unpaired) electrons. The summed E-state index contributed by atoms with van der Waals surface area (Å²) in [4.78, 5) is 11.6. The number of benzene rings is 1. The van der Waals surface area contributed by atoms with Gasteiger partial charge in [0.15, 0.2) is 0 Å². The van der Waals surface area contributed by atoms with E-state index in [0.717, 1.165) is 11.0 Å². The molecule has 0 bridgehead atoms. The Balaban J connectivity index is 1.78. The highest BCUT2D eigenvalue weighted by molar-refractivity contribution is 7.92. The van der Waals surface area contributed by atoms with Crippen molar-refractivity contribution in [2.75, 3.05) is 11.9 Å². The maximum absolute atomic E-state index is 11.8. The molecule has 0 aliphatic rings. The van der Waals surface area contributed by atoms with Crippen molar-refractivity contribution >= 4 is 38.5 Å². The molecule has 0 aliphatic heterocycles. The molecule has 0 unspecified atom stereocenters. The molecule has 0 atom stereocenters. The Bertz CT molecular complexity index is 728. The largest absolute Gasteiger partial charge is 0.300 e. The van der Waals surface area contributed by atoms with E-state index in [2.05, 4.69) is 20.2 Å². The van der Waals surface area contributed by atoms with Crippen LogP contribution in [0.1, 0.15) is 12.0 Å². The Labute approximate surface area is 132 Å². The van der Waals surface area contributed by atoms with Gasteiger partial charge in [-0.05, 0) is 11.6 Å². The van der Waals surface area contributed by atoms with E-state index < -0.39 is 10.0 Å². The van der Waals surface area contributed by atoms with Gasteiger partial charge >= 0.3 is 0 Å². The van der Waals surface area contributed by atoms with Crippen molar-refractivity contribution in [2.24, 2.45) is 0 Å². The first kappa shape index (κ1) is 16.3. The number of rotatable bonds is 7. The van der Waals surface area contributed by atoms with Crippen molar-refractivity contribution in [3.05, 3.63) is 46.8 Å². The third-order valence-corrected chi connectivity index (χ3v) is 4.21. The van der Waals surface area contributed by atoms with Crippen LogP contribution in [0.15, 0.2) is 41.3 Å². The van der Waals surface area contributed by atoms with Gasteiger partial charge in [-0.1, -0.05) is 41.7 Å². The van der Waals surface area contributed by atoms with Gasteiger partial charge in [0.1, 0.15) is 5.51 Å².